The lowest BCUT2D eigenvalue weighted by molar-refractivity contribution is 0.0186. The van der Waals surface area contributed by atoms with Gasteiger partial charge in [0.1, 0.15) is 0 Å². The van der Waals surface area contributed by atoms with Crippen molar-refractivity contribution in [2.75, 3.05) is 32.9 Å². The van der Waals surface area contributed by atoms with E-state index in [1.807, 2.05) is 47.4 Å². The van der Waals surface area contributed by atoms with Crippen molar-refractivity contribution in [1.82, 2.24) is 9.88 Å². The maximum absolute atomic E-state index is 12.8. The highest BCUT2D eigenvalue weighted by molar-refractivity contribution is 5.94. The highest BCUT2D eigenvalue weighted by Gasteiger charge is 2.52. The minimum atomic E-state index is -0.0858. The van der Waals surface area contributed by atoms with E-state index in [1.54, 1.807) is 12.4 Å². The number of pyridine rings is 1. The van der Waals surface area contributed by atoms with E-state index in [0.29, 0.717) is 38.9 Å². The second-order valence-electron chi connectivity index (χ2n) is 6.97. The number of fused-ring (bicyclic) bond motifs is 1. The number of likely N-dealkylation sites (tertiary alicyclic amines) is 1. The summed E-state index contributed by atoms with van der Waals surface area (Å²) in [6, 6.07) is 13.4. The summed E-state index contributed by atoms with van der Waals surface area (Å²) < 4.78 is 11.7. The molecular weight excluding hydrogens is 316 g/mol. The van der Waals surface area contributed by atoms with Gasteiger partial charge in [-0.1, -0.05) is 18.2 Å². The lowest BCUT2D eigenvalue weighted by atomic mass is 9.82. The van der Waals surface area contributed by atoms with Crippen molar-refractivity contribution >= 4 is 5.91 Å². The first-order valence-electron chi connectivity index (χ1n) is 8.66. The fourth-order valence-corrected chi connectivity index (χ4v) is 3.81. The van der Waals surface area contributed by atoms with Gasteiger partial charge in [-0.3, -0.25) is 9.78 Å². The van der Waals surface area contributed by atoms with Gasteiger partial charge in [0.15, 0.2) is 0 Å². The molecule has 25 heavy (non-hydrogen) atoms. The summed E-state index contributed by atoms with van der Waals surface area (Å²) in [4.78, 5) is 18.7. The molecule has 1 aromatic heterocycles. The van der Waals surface area contributed by atoms with E-state index >= 15 is 0 Å². The zero-order valence-corrected chi connectivity index (χ0v) is 14.1. The molecule has 0 saturated carbocycles. The van der Waals surface area contributed by atoms with Crippen LogP contribution in [-0.2, 0) is 16.1 Å². The molecule has 2 aliphatic heterocycles. The Bertz CT molecular complexity index is 722. The van der Waals surface area contributed by atoms with E-state index in [2.05, 4.69) is 4.98 Å². The van der Waals surface area contributed by atoms with Crippen molar-refractivity contribution < 1.29 is 14.3 Å². The van der Waals surface area contributed by atoms with E-state index in [0.717, 1.165) is 17.7 Å². The van der Waals surface area contributed by atoms with Gasteiger partial charge in [-0.25, -0.2) is 0 Å². The molecule has 5 heteroatoms. The Morgan fingerprint density at radius 3 is 2.84 bits per heavy atom. The predicted molar refractivity (Wildman–Crippen MR) is 93.0 cm³/mol. The van der Waals surface area contributed by atoms with Crippen LogP contribution in [0.2, 0.25) is 0 Å². The number of carbonyl (C=O) groups is 1. The van der Waals surface area contributed by atoms with Crippen molar-refractivity contribution in [2.24, 2.45) is 11.3 Å². The second kappa shape index (κ2) is 6.94. The summed E-state index contributed by atoms with van der Waals surface area (Å²) in [5.41, 5.74) is 1.77. The maximum atomic E-state index is 12.8. The quantitative estimate of drug-likeness (QED) is 0.840. The van der Waals surface area contributed by atoms with Crippen LogP contribution in [-0.4, -0.2) is 48.7 Å². The van der Waals surface area contributed by atoms with Crippen LogP contribution in [0.15, 0.2) is 54.9 Å². The predicted octanol–water partition coefficient (Wildman–Crippen LogP) is 2.39. The average molecular weight is 338 g/mol. The second-order valence-corrected chi connectivity index (χ2v) is 6.97. The highest BCUT2D eigenvalue weighted by atomic mass is 16.5. The van der Waals surface area contributed by atoms with Gasteiger partial charge < -0.3 is 14.4 Å². The molecule has 0 spiro atoms. The summed E-state index contributed by atoms with van der Waals surface area (Å²) in [6.45, 7) is 3.97. The van der Waals surface area contributed by atoms with E-state index < -0.39 is 0 Å². The smallest absolute Gasteiger partial charge is 0.253 e. The maximum Gasteiger partial charge on any atom is 0.253 e. The van der Waals surface area contributed by atoms with Crippen LogP contribution < -0.4 is 0 Å². The van der Waals surface area contributed by atoms with Gasteiger partial charge in [0, 0.05) is 42.4 Å². The van der Waals surface area contributed by atoms with Crippen molar-refractivity contribution in [3.63, 3.8) is 0 Å². The summed E-state index contributed by atoms with van der Waals surface area (Å²) in [6.07, 6.45) is 3.54. The van der Waals surface area contributed by atoms with Crippen molar-refractivity contribution in [2.45, 2.75) is 6.61 Å². The van der Waals surface area contributed by atoms with Crippen LogP contribution in [0.5, 0.6) is 0 Å². The molecule has 2 saturated heterocycles. The molecule has 1 aromatic carbocycles. The largest absolute Gasteiger partial charge is 0.380 e. The number of amides is 1. The molecule has 2 aromatic rings. The minimum Gasteiger partial charge on any atom is -0.380 e. The Kier molecular flexibility index (Phi) is 4.51. The topological polar surface area (TPSA) is 51.7 Å². The molecule has 130 valence electrons. The summed E-state index contributed by atoms with van der Waals surface area (Å²) in [5, 5.41) is 0. The SMILES string of the molecule is O=C(c1ccccc1)N1C[C@@H]2COC[C@]2(COCc2ccncc2)C1. The molecular formula is C20H22N2O3. The fourth-order valence-electron chi connectivity index (χ4n) is 3.81. The van der Waals surface area contributed by atoms with Gasteiger partial charge in [-0.2, -0.15) is 0 Å². The average Bonchev–Trinajstić information content (AvgIpc) is 3.20. The van der Waals surface area contributed by atoms with Crippen LogP contribution in [0.4, 0.5) is 0 Å². The molecule has 4 rings (SSSR count). The molecule has 0 aliphatic carbocycles. The van der Waals surface area contributed by atoms with E-state index in [-0.39, 0.29) is 11.3 Å². The van der Waals surface area contributed by atoms with Crippen LogP contribution in [0.25, 0.3) is 0 Å². The van der Waals surface area contributed by atoms with Crippen LogP contribution in [0.3, 0.4) is 0 Å². The monoisotopic (exact) mass is 338 g/mol. The van der Waals surface area contributed by atoms with Crippen LogP contribution in [0, 0.1) is 11.3 Å². The molecule has 2 atom stereocenters. The third-order valence-corrected chi connectivity index (χ3v) is 5.24. The lowest BCUT2D eigenvalue weighted by Gasteiger charge is -2.27. The fraction of sp³-hybridized carbons (Fsp3) is 0.400. The Morgan fingerprint density at radius 1 is 1.24 bits per heavy atom. The van der Waals surface area contributed by atoms with Crippen molar-refractivity contribution in [3.05, 3.63) is 66.0 Å². The number of aromatic nitrogens is 1. The van der Waals surface area contributed by atoms with E-state index in [9.17, 15) is 4.79 Å². The zero-order chi connectivity index (χ0) is 17.1. The summed E-state index contributed by atoms with van der Waals surface area (Å²) >= 11 is 0. The lowest BCUT2D eigenvalue weighted by Crippen LogP contribution is -2.37. The number of nitrogens with zero attached hydrogens (tertiary/aromatic N) is 2. The Labute approximate surface area is 147 Å². The number of hydrogen-bond donors (Lipinski definition) is 0. The van der Waals surface area contributed by atoms with Gasteiger partial charge >= 0.3 is 0 Å². The highest BCUT2D eigenvalue weighted by Crippen LogP contribution is 2.42. The standard InChI is InChI=1S/C20H22N2O3/c23-19(17-4-2-1-3-5-17)22-10-18-12-25-15-20(18,13-22)14-24-11-16-6-8-21-9-7-16/h1-9,18H,10-15H2/t18-,20-/m1/s1. The molecule has 1 amide bonds. The number of carbonyl (C=O) groups excluding carboxylic acids is 1. The molecule has 2 aliphatic rings. The Balaban J connectivity index is 1.41. The molecule has 5 nitrogen and oxygen atoms in total. The Morgan fingerprint density at radius 2 is 2.04 bits per heavy atom. The molecule has 0 N–H and O–H groups in total. The third kappa shape index (κ3) is 3.30. The number of benzene rings is 1. The summed E-state index contributed by atoms with van der Waals surface area (Å²) in [5.74, 6) is 0.445. The van der Waals surface area contributed by atoms with Crippen LogP contribution >= 0.6 is 0 Å². The first kappa shape index (κ1) is 16.2. The molecule has 2 fully saturated rings. The van der Waals surface area contributed by atoms with Crippen molar-refractivity contribution in [1.29, 1.82) is 0 Å². The van der Waals surface area contributed by atoms with E-state index in [4.69, 9.17) is 9.47 Å². The molecule has 0 unspecified atom stereocenters. The first-order chi connectivity index (χ1) is 12.3. The zero-order valence-electron chi connectivity index (χ0n) is 14.1. The number of rotatable bonds is 5. The van der Waals surface area contributed by atoms with E-state index in [1.165, 1.54) is 0 Å². The molecule has 0 radical (unpaired) electrons. The normalized spacial score (nSPS) is 25.1. The van der Waals surface area contributed by atoms with Gasteiger partial charge in [-0.05, 0) is 29.8 Å². The van der Waals surface area contributed by atoms with Gasteiger partial charge in [0.05, 0.1) is 26.4 Å². The Hall–Kier alpha value is -2.24. The number of hydrogen-bond acceptors (Lipinski definition) is 4. The first-order valence-corrected chi connectivity index (χ1v) is 8.66. The molecule has 3 heterocycles. The number of ether oxygens (including phenoxy) is 2. The summed E-state index contributed by atoms with van der Waals surface area (Å²) in [7, 11) is 0. The minimum absolute atomic E-state index is 0.0858. The third-order valence-electron chi connectivity index (χ3n) is 5.24. The molecule has 0 bridgehead atoms. The van der Waals surface area contributed by atoms with Gasteiger partial charge in [0.25, 0.3) is 5.91 Å². The van der Waals surface area contributed by atoms with Gasteiger partial charge in [0.2, 0.25) is 0 Å². The van der Waals surface area contributed by atoms with Gasteiger partial charge in [-0.15, -0.1) is 0 Å². The van der Waals surface area contributed by atoms with Crippen LogP contribution in [0.1, 0.15) is 15.9 Å². The van der Waals surface area contributed by atoms with Crippen molar-refractivity contribution in [3.8, 4) is 0 Å².